The molecule has 0 bridgehead atoms. The quantitative estimate of drug-likeness (QED) is 0.529. The summed E-state index contributed by atoms with van der Waals surface area (Å²) in [6, 6.07) is 0. The molecule has 0 aromatic rings. The Morgan fingerprint density at radius 3 is 2.93 bits per heavy atom. The van der Waals surface area contributed by atoms with Crippen LogP contribution in [0.2, 0.25) is 0 Å². The van der Waals surface area contributed by atoms with Gasteiger partial charge < -0.3 is 15.2 Å². The van der Waals surface area contributed by atoms with Gasteiger partial charge in [-0.3, -0.25) is 0 Å². The summed E-state index contributed by atoms with van der Waals surface area (Å²) in [4.78, 5) is 11.5. The zero-order chi connectivity index (χ0) is 10.4. The molecule has 1 rings (SSSR count). The second kappa shape index (κ2) is 5.32. The van der Waals surface area contributed by atoms with Crippen LogP contribution in [0, 0.1) is 0 Å². The number of ether oxygens (including phenoxy) is 2. The molecule has 1 atom stereocenters. The normalized spacial score (nSPS) is 26.4. The Labute approximate surface area is 84.7 Å². The Kier molecular flexibility index (Phi) is 4.35. The van der Waals surface area contributed by atoms with Gasteiger partial charge >= 0.3 is 5.97 Å². The van der Waals surface area contributed by atoms with Gasteiger partial charge in [0.05, 0.1) is 13.2 Å². The van der Waals surface area contributed by atoms with E-state index < -0.39 is 5.54 Å². The highest BCUT2D eigenvalue weighted by molar-refractivity contribution is 5.81. The molecule has 4 heteroatoms. The van der Waals surface area contributed by atoms with Gasteiger partial charge in [0.2, 0.25) is 0 Å². The standard InChI is InChI=1S/C10H19NO3/c1-2-3-4-6-14-9(12)10(11)5-7-13-8-10/h2-8,11H2,1H3. The molecule has 0 saturated carbocycles. The van der Waals surface area contributed by atoms with E-state index in [1.54, 1.807) is 0 Å². The molecule has 0 radical (unpaired) electrons. The lowest BCUT2D eigenvalue weighted by Gasteiger charge is -2.19. The second-order valence-corrected chi connectivity index (χ2v) is 3.80. The largest absolute Gasteiger partial charge is 0.464 e. The zero-order valence-electron chi connectivity index (χ0n) is 8.75. The predicted molar refractivity (Wildman–Crippen MR) is 52.8 cm³/mol. The van der Waals surface area contributed by atoms with Crippen LogP contribution in [0.25, 0.3) is 0 Å². The van der Waals surface area contributed by atoms with E-state index in [4.69, 9.17) is 15.2 Å². The van der Waals surface area contributed by atoms with Crippen LogP contribution in [0.15, 0.2) is 0 Å². The van der Waals surface area contributed by atoms with E-state index in [1.807, 2.05) is 0 Å². The lowest BCUT2D eigenvalue weighted by molar-refractivity contribution is -0.150. The third-order valence-electron chi connectivity index (χ3n) is 2.44. The Morgan fingerprint density at radius 1 is 1.57 bits per heavy atom. The fourth-order valence-corrected chi connectivity index (χ4v) is 1.40. The summed E-state index contributed by atoms with van der Waals surface area (Å²) in [5.74, 6) is -0.314. The molecule has 0 aromatic carbocycles. The van der Waals surface area contributed by atoms with Gasteiger partial charge in [-0.15, -0.1) is 0 Å². The smallest absolute Gasteiger partial charge is 0.328 e. The van der Waals surface area contributed by atoms with Gasteiger partial charge in [-0.2, -0.15) is 0 Å². The Balaban J connectivity index is 2.20. The number of rotatable bonds is 5. The molecule has 1 saturated heterocycles. The maximum atomic E-state index is 11.5. The molecule has 0 amide bonds. The van der Waals surface area contributed by atoms with E-state index in [0.29, 0.717) is 26.2 Å². The number of hydrogen-bond acceptors (Lipinski definition) is 4. The van der Waals surface area contributed by atoms with Crippen LogP contribution in [0.4, 0.5) is 0 Å². The average Bonchev–Trinajstić information content (AvgIpc) is 2.61. The molecule has 1 heterocycles. The summed E-state index contributed by atoms with van der Waals surface area (Å²) in [6.45, 7) is 3.43. The third kappa shape index (κ3) is 2.96. The van der Waals surface area contributed by atoms with Gasteiger partial charge in [0.1, 0.15) is 5.54 Å². The lowest BCUT2D eigenvalue weighted by atomic mass is 10.0. The highest BCUT2D eigenvalue weighted by Crippen LogP contribution is 2.17. The number of hydrogen-bond donors (Lipinski definition) is 1. The average molecular weight is 201 g/mol. The fraction of sp³-hybridized carbons (Fsp3) is 0.900. The SMILES string of the molecule is CCCCCOC(=O)C1(N)CCOC1. The second-order valence-electron chi connectivity index (χ2n) is 3.80. The molecular weight excluding hydrogens is 182 g/mol. The van der Waals surface area contributed by atoms with Crippen molar-refractivity contribution in [3.05, 3.63) is 0 Å². The van der Waals surface area contributed by atoms with Crippen molar-refractivity contribution in [1.29, 1.82) is 0 Å². The minimum Gasteiger partial charge on any atom is -0.464 e. The van der Waals surface area contributed by atoms with Crippen LogP contribution in [0.5, 0.6) is 0 Å². The minimum absolute atomic E-state index is 0.291. The molecular formula is C10H19NO3. The number of esters is 1. The maximum absolute atomic E-state index is 11.5. The molecule has 1 unspecified atom stereocenters. The van der Waals surface area contributed by atoms with Crippen molar-refractivity contribution in [2.45, 2.75) is 38.1 Å². The summed E-state index contributed by atoms with van der Waals surface area (Å²) in [5, 5.41) is 0. The van der Waals surface area contributed by atoms with E-state index in [9.17, 15) is 4.79 Å². The predicted octanol–water partition coefficient (Wildman–Crippen LogP) is 0.838. The molecule has 1 aliphatic heterocycles. The van der Waals surface area contributed by atoms with E-state index in [1.165, 1.54) is 0 Å². The summed E-state index contributed by atoms with van der Waals surface area (Å²) in [7, 11) is 0. The molecule has 0 aliphatic carbocycles. The fourth-order valence-electron chi connectivity index (χ4n) is 1.40. The molecule has 0 aromatic heterocycles. The highest BCUT2D eigenvalue weighted by Gasteiger charge is 2.39. The first-order valence-electron chi connectivity index (χ1n) is 5.23. The van der Waals surface area contributed by atoms with Crippen molar-refractivity contribution >= 4 is 5.97 Å². The monoisotopic (exact) mass is 201 g/mol. The molecule has 0 spiro atoms. The zero-order valence-corrected chi connectivity index (χ0v) is 8.75. The topological polar surface area (TPSA) is 61.5 Å². The van der Waals surface area contributed by atoms with E-state index in [-0.39, 0.29) is 5.97 Å². The van der Waals surface area contributed by atoms with E-state index >= 15 is 0 Å². The van der Waals surface area contributed by atoms with Crippen LogP contribution < -0.4 is 5.73 Å². The number of nitrogens with two attached hydrogens (primary N) is 1. The van der Waals surface area contributed by atoms with Crippen LogP contribution in [0.3, 0.4) is 0 Å². The highest BCUT2D eigenvalue weighted by atomic mass is 16.5. The number of unbranched alkanes of at least 4 members (excludes halogenated alkanes) is 2. The van der Waals surface area contributed by atoms with Crippen molar-refractivity contribution < 1.29 is 14.3 Å². The molecule has 1 aliphatic rings. The van der Waals surface area contributed by atoms with E-state index in [0.717, 1.165) is 19.3 Å². The summed E-state index contributed by atoms with van der Waals surface area (Å²) in [5.41, 5.74) is 4.94. The maximum Gasteiger partial charge on any atom is 0.328 e. The van der Waals surface area contributed by atoms with Gasteiger partial charge in [-0.25, -0.2) is 4.79 Å². The van der Waals surface area contributed by atoms with Gasteiger partial charge in [0, 0.05) is 13.0 Å². The Bertz CT molecular complexity index is 188. The number of carbonyl (C=O) groups is 1. The molecule has 4 nitrogen and oxygen atoms in total. The minimum atomic E-state index is -0.883. The van der Waals surface area contributed by atoms with Crippen molar-refractivity contribution in [2.75, 3.05) is 19.8 Å². The van der Waals surface area contributed by atoms with Crippen LogP contribution in [-0.4, -0.2) is 31.3 Å². The van der Waals surface area contributed by atoms with Crippen molar-refractivity contribution in [1.82, 2.24) is 0 Å². The molecule has 2 N–H and O–H groups in total. The van der Waals surface area contributed by atoms with Gasteiger partial charge in [0.25, 0.3) is 0 Å². The molecule has 14 heavy (non-hydrogen) atoms. The first kappa shape index (κ1) is 11.5. The first-order valence-corrected chi connectivity index (χ1v) is 5.23. The Morgan fingerprint density at radius 2 is 2.36 bits per heavy atom. The summed E-state index contributed by atoms with van der Waals surface area (Å²) < 4.78 is 10.2. The van der Waals surface area contributed by atoms with Gasteiger partial charge in [-0.05, 0) is 6.42 Å². The summed E-state index contributed by atoms with van der Waals surface area (Å²) >= 11 is 0. The van der Waals surface area contributed by atoms with E-state index in [2.05, 4.69) is 6.92 Å². The van der Waals surface area contributed by atoms with Crippen LogP contribution in [0.1, 0.15) is 32.6 Å². The molecule has 82 valence electrons. The van der Waals surface area contributed by atoms with Gasteiger partial charge in [0.15, 0.2) is 0 Å². The first-order chi connectivity index (χ1) is 6.69. The van der Waals surface area contributed by atoms with Crippen molar-refractivity contribution in [3.8, 4) is 0 Å². The van der Waals surface area contributed by atoms with Gasteiger partial charge in [-0.1, -0.05) is 19.8 Å². The van der Waals surface area contributed by atoms with Crippen LogP contribution in [-0.2, 0) is 14.3 Å². The summed E-state index contributed by atoms with van der Waals surface area (Å²) in [6.07, 6.45) is 3.69. The Hall–Kier alpha value is -0.610. The molecule has 1 fully saturated rings. The number of carbonyl (C=O) groups excluding carboxylic acids is 1. The van der Waals surface area contributed by atoms with Crippen molar-refractivity contribution in [2.24, 2.45) is 5.73 Å². The lowest BCUT2D eigenvalue weighted by Crippen LogP contribution is -2.49. The van der Waals surface area contributed by atoms with Crippen LogP contribution >= 0.6 is 0 Å². The van der Waals surface area contributed by atoms with Crippen molar-refractivity contribution in [3.63, 3.8) is 0 Å². The third-order valence-corrected chi connectivity index (χ3v) is 2.44.